The summed E-state index contributed by atoms with van der Waals surface area (Å²) in [6.45, 7) is 0. The fourth-order valence-electron chi connectivity index (χ4n) is 2.57. The zero-order chi connectivity index (χ0) is 17.2. The Balaban J connectivity index is 1.65. The Hall–Kier alpha value is -3.67. The average Bonchev–Trinajstić information content (AvgIpc) is 3.16. The van der Waals surface area contributed by atoms with Crippen LogP contribution in [0.15, 0.2) is 82.3 Å². The predicted molar refractivity (Wildman–Crippen MR) is 94.0 cm³/mol. The summed E-state index contributed by atoms with van der Waals surface area (Å²) in [5.41, 5.74) is 1.10. The van der Waals surface area contributed by atoms with Crippen molar-refractivity contribution in [1.82, 2.24) is 9.78 Å². The van der Waals surface area contributed by atoms with Crippen molar-refractivity contribution < 1.29 is 9.21 Å². The molecule has 0 saturated carbocycles. The average molecular weight is 331 g/mol. The smallest absolute Gasteiger partial charge is 0.349 e. The summed E-state index contributed by atoms with van der Waals surface area (Å²) in [6.07, 6.45) is 3.48. The minimum absolute atomic E-state index is 0.0387. The lowest BCUT2D eigenvalue weighted by atomic mass is 10.1. The second kappa shape index (κ2) is 6.09. The standard InChI is InChI=1S/C19H13N3O3/c23-18(16-11-13-5-1-2-8-17(13)25-19(16)24)21-14-6-3-7-15(12-14)22-10-4-9-20-22/h1-12H,(H,21,23). The summed E-state index contributed by atoms with van der Waals surface area (Å²) < 4.78 is 6.88. The molecule has 6 nitrogen and oxygen atoms in total. The topological polar surface area (TPSA) is 77.1 Å². The molecular formula is C19H13N3O3. The Morgan fingerprint density at radius 1 is 1.04 bits per heavy atom. The third-order valence-corrected chi connectivity index (χ3v) is 3.76. The summed E-state index contributed by atoms with van der Waals surface area (Å²) in [4.78, 5) is 24.6. The summed E-state index contributed by atoms with van der Waals surface area (Å²) >= 11 is 0. The highest BCUT2D eigenvalue weighted by molar-refractivity contribution is 6.05. The van der Waals surface area contributed by atoms with Gasteiger partial charge in [0.05, 0.1) is 5.69 Å². The van der Waals surface area contributed by atoms with E-state index in [4.69, 9.17) is 4.42 Å². The van der Waals surface area contributed by atoms with Gasteiger partial charge in [-0.2, -0.15) is 5.10 Å². The number of hydrogen-bond donors (Lipinski definition) is 1. The van der Waals surface area contributed by atoms with Gasteiger partial charge in [-0.25, -0.2) is 9.48 Å². The van der Waals surface area contributed by atoms with E-state index in [0.717, 1.165) is 5.69 Å². The van der Waals surface area contributed by atoms with E-state index in [-0.39, 0.29) is 5.56 Å². The first-order valence-electron chi connectivity index (χ1n) is 7.65. The number of para-hydroxylation sites is 1. The normalized spacial score (nSPS) is 10.7. The molecule has 2 aromatic carbocycles. The molecule has 0 aliphatic rings. The van der Waals surface area contributed by atoms with E-state index < -0.39 is 11.5 Å². The molecule has 0 atom stereocenters. The molecule has 4 rings (SSSR count). The van der Waals surface area contributed by atoms with Gasteiger partial charge in [0.2, 0.25) is 0 Å². The number of nitrogens with zero attached hydrogens (tertiary/aromatic N) is 2. The first-order chi connectivity index (χ1) is 12.2. The third-order valence-electron chi connectivity index (χ3n) is 3.76. The molecule has 1 N–H and O–H groups in total. The van der Waals surface area contributed by atoms with Crippen molar-refractivity contribution in [1.29, 1.82) is 0 Å². The molecule has 4 aromatic rings. The Morgan fingerprint density at radius 3 is 2.76 bits per heavy atom. The molecule has 2 aromatic heterocycles. The number of amides is 1. The van der Waals surface area contributed by atoms with E-state index in [9.17, 15) is 9.59 Å². The fourth-order valence-corrected chi connectivity index (χ4v) is 2.57. The summed E-state index contributed by atoms with van der Waals surface area (Å²) in [7, 11) is 0. The van der Waals surface area contributed by atoms with Gasteiger partial charge in [-0.15, -0.1) is 0 Å². The highest BCUT2D eigenvalue weighted by Crippen LogP contribution is 2.16. The zero-order valence-electron chi connectivity index (χ0n) is 13.0. The van der Waals surface area contributed by atoms with Crippen molar-refractivity contribution in [3.05, 3.63) is 89.0 Å². The van der Waals surface area contributed by atoms with Crippen LogP contribution >= 0.6 is 0 Å². The minimum Gasteiger partial charge on any atom is -0.422 e. The van der Waals surface area contributed by atoms with Crippen molar-refractivity contribution in [3.63, 3.8) is 0 Å². The third kappa shape index (κ3) is 2.92. The van der Waals surface area contributed by atoms with Crippen molar-refractivity contribution in [2.24, 2.45) is 0 Å². The number of carbonyl (C=O) groups excluding carboxylic acids is 1. The summed E-state index contributed by atoms with van der Waals surface area (Å²) in [6, 6.07) is 17.6. The van der Waals surface area contributed by atoms with Gasteiger partial charge in [-0.05, 0) is 36.4 Å². The van der Waals surface area contributed by atoms with Gasteiger partial charge in [0.1, 0.15) is 11.1 Å². The Morgan fingerprint density at radius 2 is 1.92 bits per heavy atom. The molecule has 1 amide bonds. The monoisotopic (exact) mass is 331 g/mol. The highest BCUT2D eigenvalue weighted by atomic mass is 16.4. The lowest BCUT2D eigenvalue weighted by molar-refractivity contribution is 0.102. The van der Waals surface area contributed by atoms with E-state index in [1.165, 1.54) is 6.07 Å². The van der Waals surface area contributed by atoms with E-state index >= 15 is 0 Å². The van der Waals surface area contributed by atoms with Crippen LogP contribution in [0.1, 0.15) is 10.4 Å². The first kappa shape index (κ1) is 14.9. The number of hydrogen-bond acceptors (Lipinski definition) is 4. The number of carbonyl (C=O) groups is 1. The Bertz CT molecular complexity index is 1110. The molecule has 0 unspecified atom stereocenters. The Kier molecular flexibility index (Phi) is 3.63. The Labute approximate surface area is 142 Å². The molecule has 0 aliphatic heterocycles. The van der Waals surface area contributed by atoms with Crippen LogP contribution in [0.3, 0.4) is 0 Å². The molecular weight excluding hydrogens is 318 g/mol. The second-order valence-electron chi connectivity index (χ2n) is 5.44. The van der Waals surface area contributed by atoms with Crippen molar-refractivity contribution >= 4 is 22.6 Å². The second-order valence-corrected chi connectivity index (χ2v) is 5.44. The quantitative estimate of drug-likeness (QED) is 0.585. The van der Waals surface area contributed by atoms with E-state index in [0.29, 0.717) is 16.7 Å². The van der Waals surface area contributed by atoms with Crippen LogP contribution in [0.2, 0.25) is 0 Å². The SMILES string of the molecule is O=C(Nc1cccc(-n2cccn2)c1)c1cc2ccccc2oc1=O. The lowest BCUT2D eigenvalue weighted by Crippen LogP contribution is -2.20. The molecule has 0 radical (unpaired) electrons. The molecule has 25 heavy (non-hydrogen) atoms. The number of fused-ring (bicyclic) bond motifs is 1. The number of benzene rings is 2. The molecule has 122 valence electrons. The molecule has 0 saturated heterocycles. The predicted octanol–water partition coefficient (Wildman–Crippen LogP) is 3.23. The lowest BCUT2D eigenvalue weighted by Gasteiger charge is -2.07. The first-order valence-corrected chi connectivity index (χ1v) is 7.65. The van der Waals surface area contributed by atoms with E-state index in [1.54, 1.807) is 53.5 Å². The largest absolute Gasteiger partial charge is 0.422 e. The van der Waals surface area contributed by atoms with E-state index in [1.807, 2.05) is 18.2 Å². The van der Waals surface area contributed by atoms with Crippen molar-refractivity contribution in [2.45, 2.75) is 0 Å². The van der Waals surface area contributed by atoms with Gasteiger partial charge in [-0.1, -0.05) is 24.3 Å². The fraction of sp³-hybridized carbons (Fsp3) is 0. The van der Waals surface area contributed by atoms with Crippen LogP contribution in [-0.4, -0.2) is 15.7 Å². The van der Waals surface area contributed by atoms with Crippen LogP contribution in [0.5, 0.6) is 0 Å². The number of nitrogens with one attached hydrogen (secondary N) is 1. The summed E-state index contributed by atoms with van der Waals surface area (Å²) in [5, 5.41) is 7.57. The maximum Gasteiger partial charge on any atom is 0.349 e. The number of aromatic nitrogens is 2. The van der Waals surface area contributed by atoms with Gasteiger partial charge in [-0.3, -0.25) is 4.79 Å². The molecule has 0 aliphatic carbocycles. The molecule has 0 spiro atoms. The van der Waals surface area contributed by atoms with Gasteiger partial charge in [0, 0.05) is 23.5 Å². The molecule has 0 fully saturated rings. The summed E-state index contributed by atoms with van der Waals surface area (Å²) in [5.74, 6) is -0.517. The number of rotatable bonds is 3. The molecule has 0 bridgehead atoms. The minimum atomic E-state index is -0.667. The van der Waals surface area contributed by atoms with Crippen LogP contribution in [-0.2, 0) is 0 Å². The van der Waals surface area contributed by atoms with Gasteiger partial charge < -0.3 is 9.73 Å². The van der Waals surface area contributed by atoms with E-state index in [2.05, 4.69) is 10.4 Å². The van der Waals surface area contributed by atoms with Crippen LogP contribution < -0.4 is 10.9 Å². The molecule has 6 heteroatoms. The van der Waals surface area contributed by atoms with Gasteiger partial charge >= 0.3 is 5.63 Å². The van der Waals surface area contributed by atoms with Gasteiger partial charge in [0.15, 0.2) is 0 Å². The van der Waals surface area contributed by atoms with Crippen molar-refractivity contribution in [3.8, 4) is 5.69 Å². The molecule has 2 heterocycles. The maximum absolute atomic E-state index is 12.5. The highest BCUT2D eigenvalue weighted by Gasteiger charge is 2.14. The van der Waals surface area contributed by atoms with Gasteiger partial charge in [0.25, 0.3) is 5.91 Å². The number of anilines is 1. The van der Waals surface area contributed by atoms with Crippen molar-refractivity contribution in [2.75, 3.05) is 5.32 Å². The van der Waals surface area contributed by atoms with Crippen LogP contribution in [0.4, 0.5) is 5.69 Å². The zero-order valence-corrected chi connectivity index (χ0v) is 13.0. The van der Waals surface area contributed by atoms with Crippen LogP contribution in [0, 0.1) is 0 Å². The maximum atomic E-state index is 12.5. The van der Waals surface area contributed by atoms with Crippen LogP contribution in [0.25, 0.3) is 16.7 Å².